The van der Waals surface area contributed by atoms with E-state index in [1.807, 2.05) is 35.9 Å². The largest absolute Gasteiger partial charge is 0.454 e. The molecular formula is C15H10F3NO. The number of hydrogen-bond donors (Lipinski definition) is 0. The summed E-state index contributed by atoms with van der Waals surface area (Å²) in [6.45, 7) is 0. The van der Waals surface area contributed by atoms with Crippen LogP contribution in [0.1, 0.15) is 10.4 Å². The number of fused-ring (bicyclic) bond motifs is 3. The van der Waals surface area contributed by atoms with Crippen LogP contribution in [0.4, 0.5) is 13.2 Å². The lowest BCUT2D eigenvalue weighted by atomic mass is 10.1. The van der Waals surface area contributed by atoms with Gasteiger partial charge in [-0.25, -0.2) is 0 Å². The van der Waals surface area contributed by atoms with E-state index in [1.54, 1.807) is 6.07 Å². The molecule has 0 aliphatic rings. The van der Waals surface area contributed by atoms with Gasteiger partial charge in [0.1, 0.15) is 0 Å². The van der Waals surface area contributed by atoms with Gasteiger partial charge in [-0.1, -0.05) is 18.2 Å². The lowest BCUT2D eigenvalue weighted by Gasteiger charge is -2.05. The van der Waals surface area contributed by atoms with Gasteiger partial charge in [-0.2, -0.15) is 13.2 Å². The predicted octanol–water partition coefficient (Wildman–Crippen LogP) is 4.08. The first-order valence-electron chi connectivity index (χ1n) is 5.98. The maximum Gasteiger partial charge on any atom is 0.454 e. The summed E-state index contributed by atoms with van der Waals surface area (Å²) in [5.74, 6) is -1.81. The van der Waals surface area contributed by atoms with Crippen LogP contribution in [0.5, 0.6) is 0 Å². The molecule has 0 aliphatic carbocycles. The van der Waals surface area contributed by atoms with E-state index in [-0.39, 0.29) is 5.56 Å². The third kappa shape index (κ3) is 1.78. The summed E-state index contributed by atoms with van der Waals surface area (Å²) in [7, 11) is 1.84. The molecule has 0 radical (unpaired) electrons. The number of rotatable bonds is 1. The Labute approximate surface area is 112 Å². The number of carbonyl (C=O) groups is 1. The number of nitrogens with zero attached hydrogens (tertiary/aromatic N) is 1. The molecule has 1 heterocycles. The van der Waals surface area contributed by atoms with Crippen LogP contribution < -0.4 is 0 Å². The minimum Gasteiger partial charge on any atom is -0.344 e. The summed E-state index contributed by atoms with van der Waals surface area (Å²) >= 11 is 0. The molecule has 20 heavy (non-hydrogen) atoms. The van der Waals surface area contributed by atoms with Gasteiger partial charge in [0.15, 0.2) is 0 Å². The molecule has 0 unspecified atom stereocenters. The van der Waals surface area contributed by atoms with Crippen molar-refractivity contribution in [1.29, 1.82) is 0 Å². The van der Waals surface area contributed by atoms with E-state index in [4.69, 9.17) is 0 Å². The van der Waals surface area contributed by atoms with Crippen LogP contribution in [0.2, 0.25) is 0 Å². The highest BCUT2D eigenvalue weighted by Crippen LogP contribution is 2.30. The lowest BCUT2D eigenvalue weighted by Crippen LogP contribution is -2.22. The second kappa shape index (κ2) is 4.10. The molecule has 0 bridgehead atoms. The fourth-order valence-electron chi connectivity index (χ4n) is 2.47. The molecule has 0 fully saturated rings. The number of Topliss-reactive ketones (excluding diaryl/α,β-unsaturated/α-hetero) is 1. The molecule has 3 rings (SSSR count). The van der Waals surface area contributed by atoms with Crippen molar-refractivity contribution in [2.45, 2.75) is 6.18 Å². The van der Waals surface area contributed by atoms with E-state index < -0.39 is 12.0 Å². The van der Waals surface area contributed by atoms with Gasteiger partial charge in [0.05, 0.1) is 0 Å². The summed E-state index contributed by atoms with van der Waals surface area (Å²) in [6, 6.07) is 11.5. The van der Waals surface area contributed by atoms with Gasteiger partial charge in [0, 0.05) is 34.4 Å². The first kappa shape index (κ1) is 12.7. The summed E-state index contributed by atoms with van der Waals surface area (Å²) in [6.07, 6.45) is -4.85. The van der Waals surface area contributed by atoms with E-state index in [9.17, 15) is 18.0 Å². The monoisotopic (exact) mass is 277 g/mol. The van der Waals surface area contributed by atoms with Crippen molar-refractivity contribution in [3.05, 3.63) is 48.0 Å². The van der Waals surface area contributed by atoms with Gasteiger partial charge in [-0.15, -0.1) is 0 Å². The van der Waals surface area contributed by atoms with Gasteiger partial charge in [0.25, 0.3) is 5.78 Å². The maximum atomic E-state index is 12.5. The number of ketones is 1. The third-order valence-electron chi connectivity index (χ3n) is 3.43. The first-order valence-corrected chi connectivity index (χ1v) is 5.98. The Morgan fingerprint density at radius 3 is 2.35 bits per heavy atom. The first-order chi connectivity index (χ1) is 9.39. The van der Waals surface area contributed by atoms with Crippen LogP contribution >= 0.6 is 0 Å². The molecule has 5 heteroatoms. The number of aromatic nitrogens is 1. The average Bonchev–Trinajstić information content (AvgIpc) is 2.71. The number of halogens is 3. The standard InChI is InChI=1S/C15H10F3NO/c1-19-12-5-3-2-4-10(12)11-8-9(6-7-13(11)19)14(20)15(16,17)18/h2-8H,1H3. The van der Waals surface area contributed by atoms with Crippen molar-refractivity contribution in [1.82, 2.24) is 4.57 Å². The fraction of sp³-hybridized carbons (Fsp3) is 0.133. The smallest absolute Gasteiger partial charge is 0.344 e. The van der Waals surface area contributed by atoms with E-state index in [0.29, 0.717) is 5.39 Å². The zero-order valence-corrected chi connectivity index (χ0v) is 10.5. The molecule has 0 atom stereocenters. The Morgan fingerprint density at radius 2 is 1.65 bits per heavy atom. The van der Waals surface area contributed by atoms with E-state index >= 15 is 0 Å². The second-order valence-electron chi connectivity index (χ2n) is 4.63. The molecule has 0 saturated heterocycles. The quantitative estimate of drug-likeness (QED) is 0.614. The number of hydrogen-bond acceptors (Lipinski definition) is 1. The topological polar surface area (TPSA) is 22.0 Å². The number of aryl methyl sites for hydroxylation is 1. The molecule has 2 aromatic carbocycles. The molecule has 0 amide bonds. The molecule has 3 aromatic rings. The number of carbonyl (C=O) groups excluding carboxylic acids is 1. The van der Waals surface area contributed by atoms with Crippen LogP contribution in [0.3, 0.4) is 0 Å². The molecular weight excluding hydrogens is 267 g/mol. The predicted molar refractivity (Wildman–Crippen MR) is 70.8 cm³/mol. The van der Waals surface area contributed by atoms with Crippen molar-refractivity contribution in [2.24, 2.45) is 7.05 Å². The Morgan fingerprint density at radius 1 is 1.00 bits per heavy atom. The maximum absolute atomic E-state index is 12.5. The van der Waals surface area contributed by atoms with Gasteiger partial charge < -0.3 is 4.57 Å². The Kier molecular flexibility index (Phi) is 2.61. The third-order valence-corrected chi connectivity index (χ3v) is 3.43. The summed E-state index contributed by atoms with van der Waals surface area (Å²) in [5.41, 5.74) is 1.38. The Hall–Kier alpha value is -2.30. The highest BCUT2D eigenvalue weighted by atomic mass is 19.4. The van der Waals surface area contributed by atoms with E-state index in [2.05, 4.69) is 0 Å². The Balaban J connectivity index is 2.31. The van der Waals surface area contributed by atoms with Crippen molar-refractivity contribution >= 4 is 27.6 Å². The molecule has 102 valence electrons. The Bertz CT molecular complexity index is 830. The van der Waals surface area contributed by atoms with Crippen molar-refractivity contribution < 1.29 is 18.0 Å². The highest BCUT2D eigenvalue weighted by molar-refractivity contribution is 6.11. The summed E-state index contributed by atoms with van der Waals surface area (Å²) in [5, 5.41) is 1.49. The van der Waals surface area contributed by atoms with Gasteiger partial charge in [-0.05, 0) is 24.3 Å². The SMILES string of the molecule is Cn1c2ccccc2c2cc(C(=O)C(F)(F)F)ccc21. The summed E-state index contributed by atoms with van der Waals surface area (Å²) < 4.78 is 39.4. The van der Waals surface area contributed by atoms with Crippen molar-refractivity contribution in [2.75, 3.05) is 0 Å². The normalized spacial score (nSPS) is 12.2. The molecule has 1 aromatic heterocycles. The number of benzene rings is 2. The molecule has 2 nitrogen and oxygen atoms in total. The highest BCUT2D eigenvalue weighted by Gasteiger charge is 2.39. The minimum atomic E-state index is -4.85. The van der Waals surface area contributed by atoms with Gasteiger partial charge >= 0.3 is 6.18 Å². The van der Waals surface area contributed by atoms with Crippen molar-refractivity contribution in [3.63, 3.8) is 0 Å². The zero-order chi connectivity index (χ0) is 14.5. The molecule has 0 saturated carbocycles. The van der Waals surface area contributed by atoms with Gasteiger partial charge in [0.2, 0.25) is 0 Å². The van der Waals surface area contributed by atoms with E-state index in [0.717, 1.165) is 16.4 Å². The van der Waals surface area contributed by atoms with Gasteiger partial charge in [-0.3, -0.25) is 4.79 Å². The van der Waals surface area contributed by atoms with Crippen molar-refractivity contribution in [3.8, 4) is 0 Å². The van der Waals surface area contributed by atoms with Crippen LogP contribution in [0, 0.1) is 0 Å². The van der Waals surface area contributed by atoms with E-state index in [1.165, 1.54) is 12.1 Å². The average molecular weight is 277 g/mol. The lowest BCUT2D eigenvalue weighted by molar-refractivity contribution is -0.0885. The number of alkyl halides is 3. The molecule has 0 N–H and O–H groups in total. The summed E-state index contributed by atoms with van der Waals surface area (Å²) in [4.78, 5) is 11.3. The molecule has 0 aliphatic heterocycles. The zero-order valence-electron chi connectivity index (χ0n) is 10.5. The second-order valence-corrected chi connectivity index (χ2v) is 4.63. The fourth-order valence-corrected chi connectivity index (χ4v) is 2.47. The van der Waals surface area contributed by atoms with Crippen LogP contribution in [-0.4, -0.2) is 16.5 Å². The molecule has 0 spiro atoms. The van der Waals surface area contributed by atoms with Crippen LogP contribution in [0.15, 0.2) is 42.5 Å². The van der Waals surface area contributed by atoms with Crippen LogP contribution in [-0.2, 0) is 7.05 Å². The number of para-hydroxylation sites is 1. The minimum absolute atomic E-state index is 0.332. The van der Waals surface area contributed by atoms with Crippen LogP contribution in [0.25, 0.3) is 21.8 Å².